The number of amidine groups is 1. The highest BCUT2D eigenvalue weighted by Crippen LogP contribution is 2.34. The van der Waals surface area contributed by atoms with Crippen LogP contribution in [0, 0.1) is 12.7 Å². The summed E-state index contributed by atoms with van der Waals surface area (Å²) in [5, 5.41) is 1.29. The third kappa shape index (κ3) is 4.57. The van der Waals surface area contributed by atoms with Crippen LogP contribution < -0.4 is 4.90 Å². The Bertz CT molecular complexity index is 1180. The molecule has 1 amide bonds. The normalized spacial score (nSPS) is 21.0. The standard InChI is InChI=1S/C23H22Cl2FN5OS/c1-14-27-20(21(33-14)15-5-7-16(26)8-6-15)23(32)31-9-3-2-4-18(31)10-17-11-29-13-30(25)12-19(24)22(29)28-17/h5-8,11-12,18H,2-4,9-10,13H2,1H3/q+1/t18-/m0/s1. The van der Waals surface area contributed by atoms with Crippen LogP contribution in [0.4, 0.5) is 4.39 Å². The third-order valence-corrected chi connectivity index (χ3v) is 7.45. The summed E-state index contributed by atoms with van der Waals surface area (Å²) in [6, 6.07) is 6.22. The van der Waals surface area contributed by atoms with Gasteiger partial charge in [-0.2, -0.15) is 4.99 Å². The van der Waals surface area contributed by atoms with Gasteiger partial charge in [0.1, 0.15) is 22.2 Å². The number of aliphatic imine (C=N–C) groups is 1. The zero-order valence-corrected chi connectivity index (χ0v) is 20.3. The fourth-order valence-corrected chi connectivity index (χ4v) is 5.91. The van der Waals surface area contributed by atoms with Crippen LogP contribution in [-0.4, -0.2) is 45.3 Å². The molecule has 6 nitrogen and oxygen atoms in total. The van der Waals surface area contributed by atoms with Gasteiger partial charge in [0, 0.05) is 37.0 Å². The van der Waals surface area contributed by atoms with Gasteiger partial charge in [0.15, 0.2) is 6.20 Å². The number of hydrogen-bond acceptors (Lipinski definition) is 6. The number of benzene rings is 1. The van der Waals surface area contributed by atoms with Crippen molar-refractivity contribution >= 4 is 46.5 Å². The minimum absolute atomic E-state index is 0.0149. The minimum Gasteiger partial charge on any atom is -0.334 e. The molecule has 1 saturated heterocycles. The van der Waals surface area contributed by atoms with Crippen LogP contribution in [0.3, 0.4) is 0 Å². The van der Waals surface area contributed by atoms with Gasteiger partial charge in [0.05, 0.1) is 9.88 Å². The number of carbonyl (C=O) groups excluding carboxylic acids is 1. The van der Waals surface area contributed by atoms with Gasteiger partial charge < -0.3 is 4.90 Å². The lowest BCUT2D eigenvalue weighted by Gasteiger charge is -2.35. The molecule has 171 valence electrons. The summed E-state index contributed by atoms with van der Waals surface area (Å²) in [5.41, 5.74) is 2.11. The minimum atomic E-state index is -0.307. The van der Waals surface area contributed by atoms with Crippen LogP contribution in [0.25, 0.3) is 10.4 Å². The molecule has 1 aromatic carbocycles. The van der Waals surface area contributed by atoms with E-state index in [9.17, 15) is 9.18 Å². The Kier molecular flexibility index (Phi) is 6.26. The van der Waals surface area contributed by atoms with E-state index in [-0.39, 0.29) is 17.8 Å². The number of carbonyl (C=O) groups is 1. The summed E-state index contributed by atoms with van der Waals surface area (Å²) in [5.74, 6) is 0.294. The van der Waals surface area contributed by atoms with Gasteiger partial charge in [-0.05, 0) is 43.9 Å². The fraction of sp³-hybridized carbons (Fsp3) is 0.348. The lowest BCUT2D eigenvalue weighted by molar-refractivity contribution is 0.0608. The Labute approximate surface area is 205 Å². The number of rotatable bonds is 4. The van der Waals surface area contributed by atoms with E-state index in [0.717, 1.165) is 40.4 Å². The van der Waals surface area contributed by atoms with Gasteiger partial charge >= 0.3 is 5.84 Å². The van der Waals surface area contributed by atoms with Crippen LogP contribution in [0.15, 0.2) is 52.4 Å². The molecule has 0 spiro atoms. The van der Waals surface area contributed by atoms with E-state index in [1.807, 2.05) is 22.9 Å². The topological polar surface area (TPSA) is 54.7 Å². The Morgan fingerprint density at radius 2 is 2.09 bits per heavy atom. The average Bonchev–Trinajstić information content (AvgIpc) is 3.37. The maximum absolute atomic E-state index is 13.7. The number of likely N-dealkylation sites (tertiary alicyclic amines) is 1. The molecule has 1 fully saturated rings. The number of amides is 1. The van der Waals surface area contributed by atoms with Crippen molar-refractivity contribution in [2.24, 2.45) is 4.99 Å². The van der Waals surface area contributed by atoms with Crippen molar-refractivity contribution in [3.8, 4) is 10.4 Å². The van der Waals surface area contributed by atoms with Crippen LogP contribution in [-0.2, 0) is 0 Å². The SMILES string of the molecule is Cc1nc(C(=O)N2CCCC[C@H]2CC2=C[N+]3CN(Cl)C=C(Cl)C3=N2)c(-c2ccc(F)cc2)s1. The van der Waals surface area contributed by atoms with Gasteiger partial charge in [-0.3, -0.25) is 4.79 Å². The fourth-order valence-electron chi connectivity index (χ4n) is 4.46. The van der Waals surface area contributed by atoms with Crippen molar-refractivity contribution in [3.63, 3.8) is 0 Å². The van der Waals surface area contributed by atoms with Crippen molar-refractivity contribution < 1.29 is 9.18 Å². The molecule has 0 saturated carbocycles. The molecule has 10 heteroatoms. The summed E-state index contributed by atoms with van der Waals surface area (Å²) in [6.45, 7) is 3.02. The summed E-state index contributed by atoms with van der Waals surface area (Å²) in [6.07, 6.45) is 7.13. The van der Waals surface area contributed by atoms with Gasteiger partial charge in [-0.1, -0.05) is 28.6 Å². The smallest absolute Gasteiger partial charge is 0.304 e. The molecule has 2 aromatic rings. The Balaban J connectivity index is 1.39. The molecule has 1 aromatic heterocycles. The second-order valence-electron chi connectivity index (χ2n) is 8.31. The molecule has 0 aliphatic carbocycles. The van der Waals surface area contributed by atoms with Crippen LogP contribution >= 0.6 is 34.7 Å². The molecule has 3 aliphatic rings. The van der Waals surface area contributed by atoms with E-state index in [0.29, 0.717) is 36.2 Å². The molecule has 5 rings (SSSR count). The number of fused-ring (bicyclic) bond motifs is 1. The summed E-state index contributed by atoms with van der Waals surface area (Å²) >= 11 is 13.8. The number of aromatic nitrogens is 1. The first-order chi connectivity index (χ1) is 15.9. The molecule has 0 unspecified atom stereocenters. The molecular weight excluding hydrogens is 484 g/mol. The third-order valence-electron chi connectivity index (χ3n) is 5.96. The zero-order valence-electron chi connectivity index (χ0n) is 18.0. The molecule has 0 bridgehead atoms. The maximum Gasteiger partial charge on any atom is 0.304 e. The average molecular weight is 506 g/mol. The summed E-state index contributed by atoms with van der Waals surface area (Å²) in [7, 11) is 0. The second-order valence-corrected chi connectivity index (χ2v) is 10.4. The quantitative estimate of drug-likeness (QED) is 0.404. The van der Waals surface area contributed by atoms with E-state index < -0.39 is 0 Å². The Hall–Kier alpha value is -2.26. The number of piperidine rings is 1. The number of thiazole rings is 1. The highest BCUT2D eigenvalue weighted by Gasteiger charge is 2.39. The molecule has 0 N–H and O–H groups in total. The van der Waals surface area contributed by atoms with Crippen molar-refractivity contribution in [3.05, 3.63) is 63.9 Å². The van der Waals surface area contributed by atoms with Gasteiger partial charge in [0.2, 0.25) is 6.67 Å². The van der Waals surface area contributed by atoms with Crippen LogP contribution in [0.1, 0.15) is 41.2 Å². The molecule has 33 heavy (non-hydrogen) atoms. The predicted molar refractivity (Wildman–Crippen MR) is 130 cm³/mol. The predicted octanol–water partition coefficient (Wildman–Crippen LogP) is 5.54. The maximum atomic E-state index is 13.7. The highest BCUT2D eigenvalue weighted by molar-refractivity contribution is 7.15. The van der Waals surface area contributed by atoms with Crippen molar-refractivity contribution in [1.82, 2.24) is 19.2 Å². The highest BCUT2D eigenvalue weighted by atomic mass is 35.5. The van der Waals surface area contributed by atoms with E-state index in [1.54, 1.807) is 18.3 Å². The van der Waals surface area contributed by atoms with Gasteiger partial charge in [0.25, 0.3) is 5.91 Å². The molecular formula is C23H22Cl2FN5OS+. The summed E-state index contributed by atoms with van der Waals surface area (Å²) < 4.78 is 14.9. The molecule has 4 heterocycles. The second kappa shape index (κ2) is 9.18. The summed E-state index contributed by atoms with van der Waals surface area (Å²) in [4.78, 5) is 27.6. The first kappa shape index (κ1) is 22.5. The first-order valence-electron chi connectivity index (χ1n) is 10.8. The van der Waals surface area contributed by atoms with E-state index >= 15 is 0 Å². The lowest BCUT2D eigenvalue weighted by Crippen LogP contribution is -2.44. The Morgan fingerprint density at radius 1 is 1.30 bits per heavy atom. The number of nitrogens with zero attached hydrogens (tertiary/aromatic N) is 5. The largest absolute Gasteiger partial charge is 0.334 e. The first-order valence-corrected chi connectivity index (χ1v) is 12.3. The lowest BCUT2D eigenvalue weighted by atomic mass is 9.97. The van der Waals surface area contributed by atoms with Crippen LogP contribution in [0.5, 0.6) is 0 Å². The van der Waals surface area contributed by atoms with Crippen molar-refractivity contribution in [2.75, 3.05) is 13.2 Å². The zero-order chi connectivity index (χ0) is 23.1. The molecule has 1 atom stereocenters. The van der Waals surface area contributed by atoms with Gasteiger partial charge in [-0.15, -0.1) is 11.3 Å². The van der Waals surface area contributed by atoms with Crippen molar-refractivity contribution in [2.45, 2.75) is 38.6 Å². The van der Waals surface area contributed by atoms with E-state index in [2.05, 4.69) is 4.98 Å². The Morgan fingerprint density at radius 3 is 2.88 bits per heavy atom. The monoisotopic (exact) mass is 505 g/mol. The number of hydrogen-bond donors (Lipinski definition) is 0. The number of aryl methyl sites for hydroxylation is 1. The molecule has 1 radical (unpaired) electrons. The van der Waals surface area contributed by atoms with Crippen LogP contribution in [0.2, 0.25) is 0 Å². The van der Waals surface area contributed by atoms with Gasteiger partial charge in [-0.25, -0.2) is 13.8 Å². The molecule has 3 aliphatic heterocycles. The van der Waals surface area contributed by atoms with Crippen molar-refractivity contribution in [1.29, 1.82) is 0 Å². The number of halogens is 3. The van der Waals surface area contributed by atoms with E-state index in [4.69, 9.17) is 28.4 Å². The van der Waals surface area contributed by atoms with E-state index in [1.165, 1.54) is 27.9 Å².